The van der Waals surface area contributed by atoms with Gasteiger partial charge in [-0.2, -0.15) is 0 Å². The van der Waals surface area contributed by atoms with E-state index in [2.05, 4.69) is 10.0 Å². The average Bonchev–Trinajstić information content (AvgIpc) is 2.89. The van der Waals surface area contributed by atoms with Gasteiger partial charge in [-0.05, 0) is 43.8 Å². The molecular formula is C14H18N2O2S2. The van der Waals surface area contributed by atoms with Crippen molar-refractivity contribution in [3.05, 3.63) is 47.3 Å². The number of nitrogens with one attached hydrogen (secondary N) is 2. The lowest BCUT2D eigenvalue weighted by molar-refractivity contribution is 0.603. The van der Waals surface area contributed by atoms with Crippen molar-refractivity contribution in [2.75, 3.05) is 17.8 Å². The van der Waals surface area contributed by atoms with E-state index in [1.165, 1.54) is 11.3 Å². The summed E-state index contributed by atoms with van der Waals surface area (Å²) in [4.78, 5) is 1.07. The van der Waals surface area contributed by atoms with Gasteiger partial charge < -0.3 is 5.32 Å². The van der Waals surface area contributed by atoms with Gasteiger partial charge >= 0.3 is 0 Å². The molecule has 1 heterocycles. The second-order valence-electron chi connectivity index (χ2n) is 4.30. The van der Waals surface area contributed by atoms with Crippen molar-refractivity contribution >= 4 is 27.0 Å². The van der Waals surface area contributed by atoms with Gasteiger partial charge in [-0.15, -0.1) is 11.3 Å². The van der Waals surface area contributed by atoms with Gasteiger partial charge in [-0.25, -0.2) is 8.42 Å². The quantitative estimate of drug-likeness (QED) is 0.773. The molecule has 0 radical (unpaired) electrons. The van der Waals surface area contributed by atoms with E-state index >= 15 is 0 Å². The molecule has 0 spiro atoms. The average molecular weight is 310 g/mol. The van der Waals surface area contributed by atoms with Crippen molar-refractivity contribution < 1.29 is 8.42 Å². The first-order valence-corrected chi connectivity index (χ1v) is 8.79. The van der Waals surface area contributed by atoms with Gasteiger partial charge in [0.1, 0.15) is 4.21 Å². The minimum Gasteiger partial charge on any atom is -0.317 e. The van der Waals surface area contributed by atoms with Crippen LogP contribution in [0.3, 0.4) is 0 Å². The highest BCUT2D eigenvalue weighted by atomic mass is 32.2. The Morgan fingerprint density at radius 2 is 1.85 bits per heavy atom. The molecule has 0 aliphatic heterocycles. The summed E-state index contributed by atoms with van der Waals surface area (Å²) < 4.78 is 27.4. The van der Waals surface area contributed by atoms with Crippen molar-refractivity contribution in [2.24, 2.45) is 0 Å². The molecule has 0 aliphatic rings. The van der Waals surface area contributed by atoms with Crippen molar-refractivity contribution in [2.45, 2.75) is 17.6 Å². The van der Waals surface area contributed by atoms with Crippen LogP contribution in [0.15, 0.2) is 46.7 Å². The van der Waals surface area contributed by atoms with Crippen LogP contribution in [-0.2, 0) is 16.4 Å². The monoisotopic (exact) mass is 310 g/mol. The lowest BCUT2D eigenvalue weighted by Gasteiger charge is -2.05. The van der Waals surface area contributed by atoms with Gasteiger partial charge in [-0.1, -0.05) is 25.1 Å². The van der Waals surface area contributed by atoms with Crippen LogP contribution in [0.1, 0.15) is 11.8 Å². The SMILES string of the molecule is CCNCCc1ccc(S(=O)(=O)Nc2ccccc2)s1. The first-order chi connectivity index (χ1) is 9.62. The number of thiophene rings is 1. The fraction of sp³-hybridized carbons (Fsp3) is 0.286. The summed E-state index contributed by atoms with van der Waals surface area (Å²) in [5, 5.41) is 3.23. The van der Waals surface area contributed by atoms with E-state index in [0.29, 0.717) is 9.90 Å². The Kier molecular flexibility index (Phi) is 5.17. The zero-order chi connectivity index (χ0) is 14.4. The molecule has 4 nitrogen and oxygen atoms in total. The molecular weight excluding hydrogens is 292 g/mol. The first-order valence-electron chi connectivity index (χ1n) is 6.49. The number of likely N-dealkylation sites (N-methyl/N-ethyl adjacent to an activating group) is 1. The standard InChI is InChI=1S/C14H18N2O2S2/c1-2-15-11-10-13-8-9-14(19-13)20(17,18)16-12-6-4-3-5-7-12/h3-9,15-16H,2,10-11H2,1H3. The Balaban J connectivity index is 2.06. The molecule has 6 heteroatoms. The molecule has 0 saturated carbocycles. The topological polar surface area (TPSA) is 58.2 Å². The van der Waals surface area contributed by atoms with E-state index < -0.39 is 10.0 Å². The summed E-state index contributed by atoms with van der Waals surface area (Å²) in [5.41, 5.74) is 0.579. The number of para-hydroxylation sites is 1. The summed E-state index contributed by atoms with van der Waals surface area (Å²) in [7, 11) is -3.47. The maximum atomic E-state index is 12.2. The van der Waals surface area contributed by atoms with Crippen LogP contribution < -0.4 is 10.0 Å². The van der Waals surface area contributed by atoms with Gasteiger partial charge in [0.15, 0.2) is 0 Å². The predicted octanol–water partition coefficient (Wildman–Crippen LogP) is 2.70. The maximum absolute atomic E-state index is 12.2. The third-order valence-electron chi connectivity index (χ3n) is 2.73. The van der Waals surface area contributed by atoms with Crippen LogP contribution in [0, 0.1) is 0 Å². The molecule has 0 atom stereocenters. The van der Waals surface area contributed by atoms with Crippen molar-refractivity contribution in [1.82, 2.24) is 5.32 Å². The molecule has 2 rings (SSSR count). The lowest BCUT2D eigenvalue weighted by atomic mass is 10.3. The second kappa shape index (κ2) is 6.88. The van der Waals surface area contributed by atoms with Crippen LogP contribution in [0.4, 0.5) is 5.69 Å². The highest BCUT2D eigenvalue weighted by Crippen LogP contribution is 2.24. The van der Waals surface area contributed by atoms with Gasteiger partial charge in [0.25, 0.3) is 10.0 Å². The summed E-state index contributed by atoms with van der Waals surface area (Å²) in [6, 6.07) is 12.5. The largest absolute Gasteiger partial charge is 0.317 e. The molecule has 0 aliphatic carbocycles. The molecule has 0 saturated heterocycles. The van der Waals surface area contributed by atoms with E-state index in [4.69, 9.17) is 0 Å². The second-order valence-corrected chi connectivity index (χ2v) is 7.37. The smallest absolute Gasteiger partial charge is 0.271 e. The Labute approximate surface area is 123 Å². The summed E-state index contributed by atoms with van der Waals surface area (Å²) in [6.07, 6.45) is 0.847. The molecule has 1 aromatic carbocycles. The lowest BCUT2D eigenvalue weighted by Crippen LogP contribution is -2.15. The molecule has 0 fully saturated rings. The molecule has 0 amide bonds. The van der Waals surface area contributed by atoms with E-state index in [1.54, 1.807) is 30.3 Å². The number of rotatable bonds is 7. The zero-order valence-corrected chi connectivity index (χ0v) is 12.9. The number of hydrogen-bond donors (Lipinski definition) is 2. The van der Waals surface area contributed by atoms with Crippen LogP contribution in [-0.4, -0.2) is 21.5 Å². The fourth-order valence-corrected chi connectivity index (χ4v) is 4.15. The summed E-state index contributed by atoms with van der Waals surface area (Å²) in [6.45, 7) is 3.84. The summed E-state index contributed by atoms with van der Waals surface area (Å²) >= 11 is 1.32. The fourth-order valence-electron chi connectivity index (χ4n) is 1.74. The Morgan fingerprint density at radius 1 is 1.10 bits per heavy atom. The molecule has 0 unspecified atom stereocenters. The minimum atomic E-state index is -3.47. The van der Waals surface area contributed by atoms with Gasteiger partial charge in [-0.3, -0.25) is 4.72 Å². The van der Waals surface area contributed by atoms with Crippen LogP contribution in [0.25, 0.3) is 0 Å². The van der Waals surface area contributed by atoms with Gasteiger partial charge in [0.2, 0.25) is 0 Å². The highest BCUT2D eigenvalue weighted by Gasteiger charge is 2.16. The van der Waals surface area contributed by atoms with E-state index in [0.717, 1.165) is 24.4 Å². The number of sulfonamides is 1. The van der Waals surface area contributed by atoms with Gasteiger partial charge in [0.05, 0.1) is 0 Å². The van der Waals surface area contributed by atoms with E-state index in [9.17, 15) is 8.42 Å². The molecule has 2 aromatic rings. The molecule has 0 bridgehead atoms. The molecule has 1 aromatic heterocycles. The number of anilines is 1. The van der Waals surface area contributed by atoms with Gasteiger partial charge in [0, 0.05) is 10.6 Å². The van der Waals surface area contributed by atoms with Crippen LogP contribution in [0.5, 0.6) is 0 Å². The Hall–Kier alpha value is -1.37. The normalized spacial score (nSPS) is 11.4. The van der Waals surface area contributed by atoms with Crippen LogP contribution >= 0.6 is 11.3 Å². The Bertz CT molecular complexity index is 636. The van der Waals surface area contributed by atoms with Crippen LogP contribution in [0.2, 0.25) is 0 Å². The van der Waals surface area contributed by atoms with Crippen molar-refractivity contribution in [1.29, 1.82) is 0 Å². The maximum Gasteiger partial charge on any atom is 0.271 e. The predicted molar refractivity (Wildman–Crippen MR) is 83.8 cm³/mol. The van der Waals surface area contributed by atoms with E-state index in [1.807, 2.05) is 19.1 Å². The Morgan fingerprint density at radius 3 is 2.55 bits per heavy atom. The highest BCUT2D eigenvalue weighted by molar-refractivity contribution is 7.94. The summed E-state index contributed by atoms with van der Waals surface area (Å²) in [5.74, 6) is 0. The molecule has 2 N–H and O–H groups in total. The number of hydrogen-bond acceptors (Lipinski definition) is 4. The van der Waals surface area contributed by atoms with Crippen molar-refractivity contribution in [3.8, 4) is 0 Å². The first kappa shape index (κ1) is 15.0. The minimum absolute atomic E-state index is 0.354. The van der Waals surface area contributed by atoms with Crippen molar-refractivity contribution in [3.63, 3.8) is 0 Å². The van der Waals surface area contributed by atoms with E-state index in [-0.39, 0.29) is 0 Å². The molecule has 108 valence electrons. The molecule has 20 heavy (non-hydrogen) atoms. The zero-order valence-electron chi connectivity index (χ0n) is 11.3. The third-order valence-corrected chi connectivity index (χ3v) is 5.74. The third kappa shape index (κ3) is 4.06. The number of benzene rings is 1.